The van der Waals surface area contributed by atoms with Gasteiger partial charge in [0.05, 0.1) is 0 Å². The van der Waals surface area contributed by atoms with E-state index in [1.165, 1.54) is 12.8 Å². The maximum absolute atomic E-state index is 8.63. The molecule has 1 fully saturated rings. The van der Waals surface area contributed by atoms with Crippen LogP contribution in [-0.4, -0.2) is 22.1 Å². The van der Waals surface area contributed by atoms with Gasteiger partial charge in [-0.2, -0.15) is 0 Å². The maximum Gasteiger partial charge on any atom is 0.214 e. The van der Waals surface area contributed by atoms with E-state index in [1.807, 2.05) is 0 Å². The first-order chi connectivity index (χ1) is 8.69. The van der Waals surface area contributed by atoms with Crippen LogP contribution in [0, 0.1) is 5.92 Å². The second-order valence-corrected chi connectivity index (χ2v) is 4.87. The number of rotatable bonds is 3. The Hall–Kier alpha value is -1.78. The predicted octanol–water partition coefficient (Wildman–Crippen LogP) is 2.13. The molecule has 0 spiro atoms. The van der Waals surface area contributed by atoms with Gasteiger partial charge in [-0.1, -0.05) is 12.1 Å². The first-order valence-corrected chi connectivity index (χ1v) is 6.29. The van der Waals surface area contributed by atoms with Crippen LogP contribution < -0.4 is 10.5 Å². The molecular weight excluding hydrogens is 230 g/mol. The average molecular weight is 249 g/mol. The second kappa shape index (κ2) is 5.71. The van der Waals surface area contributed by atoms with Crippen LogP contribution in [0.15, 0.2) is 23.5 Å². The Balaban J connectivity index is 2.01. The van der Waals surface area contributed by atoms with Crippen LogP contribution in [-0.2, 0) is 0 Å². The van der Waals surface area contributed by atoms with Gasteiger partial charge < -0.3 is 15.7 Å². The van der Waals surface area contributed by atoms with E-state index < -0.39 is 0 Å². The number of pyridine rings is 1. The van der Waals surface area contributed by atoms with Crippen molar-refractivity contribution in [3.05, 3.63) is 23.9 Å². The molecule has 18 heavy (non-hydrogen) atoms. The van der Waals surface area contributed by atoms with Crippen LogP contribution in [0.5, 0.6) is 5.88 Å². The summed E-state index contributed by atoms with van der Waals surface area (Å²) in [5.41, 5.74) is 6.15. The predicted molar refractivity (Wildman–Crippen MR) is 68.8 cm³/mol. The molecule has 2 rings (SSSR count). The molecule has 0 atom stereocenters. The Labute approximate surface area is 107 Å². The van der Waals surface area contributed by atoms with Crippen molar-refractivity contribution in [1.82, 2.24) is 4.98 Å². The second-order valence-electron chi connectivity index (χ2n) is 4.87. The van der Waals surface area contributed by atoms with Crippen LogP contribution in [0.2, 0.25) is 0 Å². The molecule has 3 N–H and O–H groups in total. The van der Waals surface area contributed by atoms with Gasteiger partial charge in [0, 0.05) is 17.8 Å². The zero-order chi connectivity index (χ0) is 13.0. The lowest BCUT2D eigenvalue weighted by Crippen LogP contribution is -2.23. The number of ether oxygens (including phenoxy) is 1. The molecule has 0 saturated heterocycles. The summed E-state index contributed by atoms with van der Waals surface area (Å²) in [7, 11) is 0. The van der Waals surface area contributed by atoms with Crippen molar-refractivity contribution in [2.45, 2.75) is 38.7 Å². The maximum atomic E-state index is 8.63. The quantitative estimate of drug-likeness (QED) is 0.372. The summed E-state index contributed by atoms with van der Waals surface area (Å²) in [6.45, 7) is 2.27. The Morgan fingerprint density at radius 1 is 1.44 bits per heavy atom. The summed E-state index contributed by atoms with van der Waals surface area (Å²) in [4.78, 5) is 4.15. The van der Waals surface area contributed by atoms with Crippen molar-refractivity contribution >= 4 is 5.84 Å². The van der Waals surface area contributed by atoms with Gasteiger partial charge in [0.25, 0.3) is 0 Å². The van der Waals surface area contributed by atoms with Gasteiger partial charge >= 0.3 is 0 Å². The first kappa shape index (κ1) is 12.7. The van der Waals surface area contributed by atoms with Crippen molar-refractivity contribution in [3.8, 4) is 5.88 Å². The van der Waals surface area contributed by atoms with Gasteiger partial charge in [-0.15, -0.1) is 0 Å². The third-order valence-corrected chi connectivity index (χ3v) is 3.39. The summed E-state index contributed by atoms with van der Waals surface area (Å²) < 4.78 is 5.84. The van der Waals surface area contributed by atoms with Gasteiger partial charge in [0.1, 0.15) is 6.10 Å². The van der Waals surface area contributed by atoms with Crippen molar-refractivity contribution in [2.24, 2.45) is 16.8 Å². The summed E-state index contributed by atoms with van der Waals surface area (Å²) in [5.74, 6) is 1.40. The molecular formula is C13H19N3O2. The highest BCUT2D eigenvalue weighted by Gasteiger charge is 2.20. The van der Waals surface area contributed by atoms with Crippen LogP contribution >= 0.6 is 0 Å². The standard InChI is InChI=1S/C13H19N3O2/c1-9-2-4-11(5-3-9)18-12-8-10(6-7-15-12)13(14)16-17/h6-9,11,17H,2-5H2,1H3,(H2,14,16). The molecule has 0 radical (unpaired) electrons. The minimum absolute atomic E-state index is 0.0690. The van der Waals surface area contributed by atoms with Crippen LogP contribution in [0.4, 0.5) is 0 Å². The Morgan fingerprint density at radius 2 is 2.17 bits per heavy atom. The topological polar surface area (TPSA) is 80.7 Å². The van der Waals surface area contributed by atoms with Gasteiger partial charge in [0.2, 0.25) is 5.88 Å². The average Bonchev–Trinajstić information content (AvgIpc) is 2.41. The molecule has 0 unspecified atom stereocenters. The van der Waals surface area contributed by atoms with Crippen molar-refractivity contribution in [3.63, 3.8) is 0 Å². The van der Waals surface area contributed by atoms with Gasteiger partial charge in [0.15, 0.2) is 5.84 Å². The summed E-state index contributed by atoms with van der Waals surface area (Å²) in [6, 6.07) is 3.39. The Bertz CT molecular complexity index is 426. The number of nitrogens with zero attached hydrogens (tertiary/aromatic N) is 2. The smallest absolute Gasteiger partial charge is 0.214 e. The van der Waals surface area contributed by atoms with Crippen LogP contribution in [0.25, 0.3) is 0 Å². The number of amidine groups is 1. The number of oxime groups is 1. The molecule has 5 heteroatoms. The van der Waals surface area contributed by atoms with Crippen molar-refractivity contribution in [1.29, 1.82) is 0 Å². The third kappa shape index (κ3) is 3.12. The molecule has 1 saturated carbocycles. The molecule has 0 aliphatic heterocycles. The molecule has 5 nitrogen and oxygen atoms in total. The lowest BCUT2D eigenvalue weighted by molar-refractivity contribution is 0.130. The molecule has 1 aromatic heterocycles. The third-order valence-electron chi connectivity index (χ3n) is 3.39. The molecule has 1 aliphatic rings. The highest BCUT2D eigenvalue weighted by molar-refractivity contribution is 5.97. The zero-order valence-corrected chi connectivity index (χ0v) is 10.5. The lowest BCUT2D eigenvalue weighted by Gasteiger charge is -2.26. The minimum atomic E-state index is 0.0690. The summed E-state index contributed by atoms with van der Waals surface area (Å²) in [5, 5.41) is 11.6. The van der Waals surface area contributed by atoms with Crippen molar-refractivity contribution < 1.29 is 9.94 Å². The minimum Gasteiger partial charge on any atom is -0.474 e. The molecule has 0 amide bonds. The van der Waals surface area contributed by atoms with E-state index in [1.54, 1.807) is 18.3 Å². The fourth-order valence-corrected chi connectivity index (χ4v) is 2.21. The summed E-state index contributed by atoms with van der Waals surface area (Å²) in [6.07, 6.45) is 6.37. The van der Waals surface area contributed by atoms with E-state index in [0.717, 1.165) is 18.8 Å². The number of aromatic nitrogens is 1. The zero-order valence-electron chi connectivity index (χ0n) is 10.5. The molecule has 1 heterocycles. The number of nitrogens with two attached hydrogens (primary N) is 1. The molecule has 0 aromatic carbocycles. The SMILES string of the molecule is CC1CCC(Oc2cc(/C(N)=N/O)ccn2)CC1. The van der Waals surface area contributed by atoms with E-state index in [-0.39, 0.29) is 11.9 Å². The first-order valence-electron chi connectivity index (χ1n) is 6.29. The van der Waals surface area contributed by atoms with E-state index in [2.05, 4.69) is 17.1 Å². The number of hydrogen-bond donors (Lipinski definition) is 2. The largest absolute Gasteiger partial charge is 0.474 e. The van der Waals surface area contributed by atoms with Crippen LogP contribution in [0.1, 0.15) is 38.2 Å². The van der Waals surface area contributed by atoms with Crippen LogP contribution in [0.3, 0.4) is 0 Å². The highest BCUT2D eigenvalue weighted by Crippen LogP contribution is 2.26. The number of hydrogen-bond acceptors (Lipinski definition) is 4. The highest BCUT2D eigenvalue weighted by atomic mass is 16.5. The monoisotopic (exact) mass is 249 g/mol. The molecule has 1 aromatic rings. The normalized spacial score (nSPS) is 24.8. The van der Waals surface area contributed by atoms with E-state index in [4.69, 9.17) is 15.7 Å². The Kier molecular flexibility index (Phi) is 4.02. The summed E-state index contributed by atoms with van der Waals surface area (Å²) >= 11 is 0. The molecule has 1 aliphatic carbocycles. The van der Waals surface area contributed by atoms with Crippen molar-refractivity contribution in [2.75, 3.05) is 0 Å². The Morgan fingerprint density at radius 3 is 2.83 bits per heavy atom. The molecule has 98 valence electrons. The van der Waals surface area contributed by atoms with Gasteiger partial charge in [-0.3, -0.25) is 0 Å². The molecule has 0 bridgehead atoms. The lowest BCUT2D eigenvalue weighted by atomic mass is 9.89. The van der Waals surface area contributed by atoms with E-state index >= 15 is 0 Å². The van der Waals surface area contributed by atoms with Gasteiger partial charge in [-0.25, -0.2) is 4.98 Å². The van der Waals surface area contributed by atoms with E-state index in [0.29, 0.717) is 11.4 Å². The van der Waals surface area contributed by atoms with Gasteiger partial charge in [-0.05, 0) is 37.7 Å². The fraction of sp³-hybridized carbons (Fsp3) is 0.538. The van der Waals surface area contributed by atoms with E-state index in [9.17, 15) is 0 Å². The fourth-order valence-electron chi connectivity index (χ4n) is 2.21.